The first-order chi connectivity index (χ1) is 6.86. The van der Waals surface area contributed by atoms with Crippen LogP contribution in [-0.2, 0) is 13.1 Å². The van der Waals surface area contributed by atoms with Crippen LogP contribution in [0.15, 0.2) is 17.9 Å². The minimum absolute atomic E-state index is 0.768. The Labute approximate surface area is 86.4 Å². The van der Waals surface area contributed by atoms with E-state index >= 15 is 0 Å². The fourth-order valence-electron chi connectivity index (χ4n) is 1.18. The van der Waals surface area contributed by atoms with Gasteiger partial charge in [-0.3, -0.25) is 0 Å². The maximum absolute atomic E-state index is 4.19. The van der Waals surface area contributed by atoms with E-state index in [1.807, 2.05) is 18.6 Å². The van der Waals surface area contributed by atoms with Gasteiger partial charge in [0.15, 0.2) is 0 Å². The summed E-state index contributed by atoms with van der Waals surface area (Å²) in [5.74, 6) is 0.965. The molecule has 0 aliphatic rings. The predicted octanol–water partition coefficient (Wildman–Crippen LogP) is 1.46. The van der Waals surface area contributed by atoms with Crippen molar-refractivity contribution in [2.75, 3.05) is 0 Å². The highest BCUT2D eigenvalue weighted by atomic mass is 32.1. The van der Waals surface area contributed by atoms with E-state index in [0.29, 0.717) is 0 Å². The number of nitrogens with one attached hydrogen (secondary N) is 2. The van der Waals surface area contributed by atoms with Gasteiger partial charge in [0, 0.05) is 23.8 Å². The Bertz CT molecular complexity index is 379. The molecule has 0 aliphatic heterocycles. The average Bonchev–Trinajstić information content (AvgIpc) is 2.78. The summed E-state index contributed by atoms with van der Waals surface area (Å²) in [6.45, 7) is 3.65. The molecule has 2 heterocycles. The first kappa shape index (κ1) is 9.36. The zero-order valence-electron chi connectivity index (χ0n) is 7.95. The van der Waals surface area contributed by atoms with Crippen molar-refractivity contribution in [1.82, 2.24) is 20.3 Å². The molecule has 4 nitrogen and oxygen atoms in total. The maximum atomic E-state index is 4.19. The minimum Gasteiger partial charge on any atom is -0.348 e. The molecule has 0 fully saturated rings. The standard InChI is InChI=1S/C9H12N4S/c1-7-8(14-6-13-7)4-10-5-9-11-2-3-12-9/h2-3,6,10H,4-5H2,1H3,(H,11,12). The second-order valence-corrected chi connectivity index (χ2v) is 3.94. The van der Waals surface area contributed by atoms with Crippen LogP contribution in [0, 0.1) is 6.92 Å². The van der Waals surface area contributed by atoms with Crippen molar-refractivity contribution in [3.05, 3.63) is 34.3 Å². The van der Waals surface area contributed by atoms with Gasteiger partial charge in [-0.25, -0.2) is 9.97 Å². The molecule has 0 atom stereocenters. The Morgan fingerprint density at radius 2 is 2.36 bits per heavy atom. The van der Waals surface area contributed by atoms with E-state index in [-0.39, 0.29) is 0 Å². The molecular weight excluding hydrogens is 196 g/mol. The summed E-state index contributed by atoms with van der Waals surface area (Å²) in [6.07, 6.45) is 3.59. The molecule has 0 aromatic carbocycles. The smallest absolute Gasteiger partial charge is 0.120 e. The van der Waals surface area contributed by atoms with Crippen molar-refractivity contribution in [3.8, 4) is 0 Å². The number of thiazole rings is 1. The number of nitrogens with zero attached hydrogens (tertiary/aromatic N) is 2. The van der Waals surface area contributed by atoms with Crippen molar-refractivity contribution in [1.29, 1.82) is 0 Å². The molecule has 2 aromatic heterocycles. The molecule has 14 heavy (non-hydrogen) atoms. The molecule has 0 saturated heterocycles. The molecular formula is C9H12N4S. The van der Waals surface area contributed by atoms with Gasteiger partial charge in [-0.15, -0.1) is 11.3 Å². The summed E-state index contributed by atoms with van der Waals surface area (Å²) >= 11 is 1.68. The maximum Gasteiger partial charge on any atom is 0.120 e. The third-order valence-electron chi connectivity index (χ3n) is 1.98. The van der Waals surface area contributed by atoms with E-state index in [0.717, 1.165) is 24.6 Å². The second kappa shape index (κ2) is 4.34. The Morgan fingerprint density at radius 1 is 1.43 bits per heavy atom. The Hall–Kier alpha value is -1.20. The lowest BCUT2D eigenvalue weighted by atomic mass is 10.4. The lowest BCUT2D eigenvalue weighted by Crippen LogP contribution is -2.13. The minimum atomic E-state index is 0.768. The van der Waals surface area contributed by atoms with Crippen LogP contribution in [0.5, 0.6) is 0 Å². The first-order valence-corrected chi connectivity index (χ1v) is 5.32. The Morgan fingerprint density at radius 3 is 3.00 bits per heavy atom. The lowest BCUT2D eigenvalue weighted by Gasteiger charge is -2.00. The predicted molar refractivity (Wildman–Crippen MR) is 56.0 cm³/mol. The fraction of sp³-hybridized carbons (Fsp3) is 0.333. The van der Waals surface area contributed by atoms with E-state index < -0.39 is 0 Å². The van der Waals surface area contributed by atoms with Crippen LogP contribution in [0.2, 0.25) is 0 Å². The monoisotopic (exact) mass is 208 g/mol. The summed E-state index contributed by atoms with van der Waals surface area (Å²) in [5, 5.41) is 3.31. The Kier molecular flexibility index (Phi) is 2.90. The van der Waals surface area contributed by atoms with Gasteiger partial charge in [0.1, 0.15) is 5.82 Å². The number of imidazole rings is 1. The molecule has 0 amide bonds. The Balaban J connectivity index is 1.81. The first-order valence-electron chi connectivity index (χ1n) is 4.44. The van der Waals surface area contributed by atoms with E-state index in [2.05, 4.69) is 20.3 Å². The average molecular weight is 208 g/mol. The van der Waals surface area contributed by atoms with Gasteiger partial charge in [-0.05, 0) is 6.92 Å². The summed E-state index contributed by atoms with van der Waals surface area (Å²) in [4.78, 5) is 12.6. The van der Waals surface area contributed by atoms with Crippen LogP contribution < -0.4 is 5.32 Å². The topological polar surface area (TPSA) is 53.6 Å². The molecule has 0 aliphatic carbocycles. The molecule has 0 bridgehead atoms. The fourth-order valence-corrected chi connectivity index (χ4v) is 1.93. The number of H-pyrrole nitrogens is 1. The zero-order valence-corrected chi connectivity index (χ0v) is 8.77. The van der Waals surface area contributed by atoms with Gasteiger partial charge < -0.3 is 10.3 Å². The normalized spacial score (nSPS) is 10.6. The number of hydrogen-bond acceptors (Lipinski definition) is 4. The van der Waals surface area contributed by atoms with Gasteiger partial charge in [0.05, 0.1) is 17.7 Å². The number of aromatic amines is 1. The van der Waals surface area contributed by atoms with Crippen molar-refractivity contribution in [2.45, 2.75) is 20.0 Å². The van der Waals surface area contributed by atoms with Crippen LogP contribution in [0.1, 0.15) is 16.4 Å². The summed E-state index contributed by atoms with van der Waals surface area (Å²) < 4.78 is 0. The van der Waals surface area contributed by atoms with Gasteiger partial charge >= 0.3 is 0 Å². The van der Waals surface area contributed by atoms with Gasteiger partial charge in [0.2, 0.25) is 0 Å². The highest BCUT2D eigenvalue weighted by Gasteiger charge is 2.00. The summed E-state index contributed by atoms with van der Waals surface area (Å²) in [5.41, 5.74) is 2.99. The molecule has 0 unspecified atom stereocenters. The van der Waals surface area contributed by atoms with Crippen LogP contribution >= 0.6 is 11.3 Å². The summed E-state index contributed by atoms with van der Waals surface area (Å²) in [7, 11) is 0. The number of hydrogen-bond donors (Lipinski definition) is 2. The van der Waals surface area contributed by atoms with Crippen molar-refractivity contribution in [2.24, 2.45) is 0 Å². The lowest BCUT2D eigenvalue weighted by molar-refractivity contribution is 0.672. The second-order valence-electron chi connectivity index (χ2n) is 3.00. The SMILES string of the molecule is Cc1ncsc1CNCc1ncc[nH]1. The third kappa shape index (κ3) is 2.18. The molecule has 2 aromatic rings. The van der Waals surface area contributed by atoms with E-state index in [9.17, 15) is 0 Å². The summed E-state index contributed by atoms with van der Waals surface area (Å²) in [6, 6.07) is 0. The van der Waals surface area contributed by atoms with Gasteiger partial charge in [0.25, 0.3) is 0 Å². The van der Waals surface area contributed by atoms with Crippen LogP contribution in [0.25, 0.3) is 0 Å². The molecule has 2 rings (SSSR count). The van der Waals surface area contributed by atoms with Crippen LogP contribution in [0.4, 0.5) is 0 Å². The highest BCUT2D eigenvalue weighted by molar-refractivity contribution is 7.09. The number of rotatable bonds is 4. The molecule has 74 valence electrons. The van der Waals surface area contributed by atoms with E-state index in [4.69, 9.17) is 0 Å². The van der Waals surface area contributed by atoms with Crippen LogP contribution in [-0.4, -0.2) is 15.0 Å². The molecule has 0 saturated carbocycles. The van der Waals surface area contributed by atoms with Gasteiger partial charge in [-0.1, -0.05) is 0 Å². The highest BCUT2D eigenvalue weighted by Crippen LogP contribution is 2.11. The molecule has 0 radical (unpaired) electrons. The molecule has 5 heteroatoms. The van der Waals surface area contributed by atoms with E-state index in [1.54, 1.807) is 17.5 Å². The van der Waals surface area contributed by atoms with Crippen LogP contribution in [0.3, 0.4) is 0 Å². The van der Waals surface area contributed by atoms with Gasteiger partial charge in [-0.2, -0.15) is 0 Å². The molecule has 0 spiro atoms. The molecule has 2 N–H and O–H groups in total. The number of aryl methyl sites for hydroxylation is 1. The quantitative estimate of drug-likeness (QED) is 0.800. The van der Waals surface area contributed by atoms with Crippen molar-refractivity contribution < 1.29 is 0 Å². The third-order valence-corrected chi connectivity index (χ3v) is 2.91. The van der Waals surface area contributed by atoms with Crippen molar-refractivity contribution >= 4 is 11.3 Å². The largest absolute Gasteiger partial charge is 0.348 e. The van der Waals surface area contributed by atoms with E-state index in [1.165, 1.54) is 4.88 Å². The van der Waals surface area contributed by atoms with Crippen molar-refractivity contribution in [3.63, 3.8) is 0 Å². The zero-order chi connectivity index (χ0) is 9.80. The number of aromatic nitrogens is 3.